The summed E-state index contributed by atoms with van der Waals surface area (Å²) in [6.07, 6.45) is 8.98. The van der Waals surface area contributed by atoms with Gasteiger partial charge in [-0.1, -0.05) is 32.8 Å². The molecule has 3 atom stereocenters. The molecule has 0 heterocycles. The van der Waals surface area contributed by atoms with Crippen molar-refractivity contribution in [3.05, 3.63) is 12.7 Å². The van der Waals surface area contributed by atoms with Crippen LogP contribution < -0.4 is 5.32 Å². The zero-order valence-electron chi connectivity index (χ0n) is 10.5. The smallest absolute Gasteiger partial charge is 0.00179 e. The highest BCUT2D eigenvalue weighted by atomic mass is 14.8. The van der Waals surface area contributed by atoms with Gasteiger partial charge in [0.2, 0.25) is 0 Å². The largest absolute Gasteiger partial charge is 0.317 e. The van der Waals surface area contributed by atoms with Crippen LogP contribution >= 0.6 is 0 Å². The Bertz CT molecular complexity index is 176. The van der Waals surface area contributed by atoms with Crippen LogP contribution in [0.5, 0.6) is 0 Å². The second kappa shape index (κ2) is 7.05. The van der Waals surface area contributed by atoms with Gasteiger partial charge in [-0.3, -0.25) is 0 Å². The van der Waals surface area contributed by atoms with Crippen LogP contribution in [-0.4, -0.2) is 13.1 Å². The van der Waals surface area contributed by atoms with Gasteiger partial charge in [-0.25, -0.2) is 0 Å². The van der Waals surface area contributed by atoms with Gasteiger partial charge in [0.25, 0.3) is 0 Å². The number of hydrogen-bond acceptors (Lipinski definition) is 1. The quantitative estimate of drug-likeness (QED) is 0.659. The van der Waals surface area contributed by atoms with Gasteiger partial charge in [-0.2, -0.15) is 0 Å². The number of allylic oxidation sites excluding steroid dienone is 1. The molecule has 1 N–H and O–H groups in total. The molecule has 0 bridgehead atoms. The van der Waals surface area contributed by atoms with Crippen molar-refractivity contribution in [2.24, 2.45) is 17.8 Å². The third-order valence-corrected chi connectivity index (χ3v) is 3.95. The third-order valence-electron chi connectivity index (χ3n) is 3.95. The van der Waals surface area contributed by atoms with E-state index in [1.807, 2.05) is 0 Å². The van der Waals surface area contributed by atoms with E-state index in [1.165, 1.54) is 38.6 Å². The van der Waals surface area contributed by atoms with E-state index in [9.17, 15) is 0 Å². The first-order chi connectivity index (χ1) is 7.31. The van der Waals surface area contributed by atoms with Crippen molar-refractivity contribution in [1.29, 1.82) is 0 Å². The summed E-state index contributed by atoms with van der Waals surface area (Å²) in [5.74, 6) is 2.76. The lowest BCUT2D eigenvalue weighted by Gasteiger charge is -2.35. The molecular weight excluding hydrogens is 182 g/mol. The van der Waals surface area contributed by atoms with Gasteiger partial charge >= 0.3 is 0 Å². The van der Waals surface area contributed by atoms with Crippen molar-refractivity contribution in [2.75, 3.05) is 13.1 Å². The van der Waals surface area contributed by atoms with Crippen LogP contribution in [0.3, 0.4) is 0 Å². The molecule has 0 saturated heterocycles. The molecule has 0 amide bonds. The molecule has 1 saturated carbocycles. The molecule has 1 heteroatoms. The van der Waals surface area contributed by atoms with Crippen LogP contribution in [-0.2, 0) is 0 Å². The fourth-order valence-electron chi connectivity index (χ4n) is 2.90. The molecule has 0 aromatic heterocycles. The standard InChI is InChI=1S/C14H27N/c1-4-7-13-10-12(5-2)8-9-14(13)11-15-6-3/h4,12-15H,1,5-11H2,2-3H3. The van der Waals surface area contributed by atoms with E-state index < -0.39 is 0 Å². The molecule has 0 aliphatic heterocycles. The normalized spacial score (nSPS) is 31.5. The van der Waals surface area contributed by atoms with Crippen molar-refractivity contribution < 1.29 is 0 Å². The van der Waals surface area contributed by atoms with Crippen LogP contribution in [0.2, 0.25) is 0 Å². The van der Waals surface area contributed by atoms with Gasteiger partial charge in [-0.15, -0.1) is 6.58 Å². The maximum atomic E-state index is 3.90. The molecule has 15 heavy (non-hydrogen) atoms. The Morgan fingerprint density at radius 2 is 2.07 bits per heavy atom. The van der Waals surface area contributed by atoms with E-state index in [1.54, 1.807) is 0 Å². The van der Waals surface area contributed by atoms with Crippen LogP contribution in [0.4, 0.5) is 0 Å². The van der Waals surface area contributed by atoms with Crippen molar-refractivity contribution in [1.82, 2.24) is 5.32 Å². The maximum Gasteiger partial charge on any atom is -0.00179 e. The first-order valence-corrected chi connectivity index (χ1v) is 6.63. The highest BCUT2D eigenvalue weighted by Gasteiger charge is 2.28. The summed E-state index contributed by atoms with van der Waals surface area (Å²) in [6, 6.07) is 0. The average molecular weight is 209 g/mol. The predicted octanol–water partition coefficient (Wildman–Crippen LogP) is 3.61. The minimum absolute atomic E-state index is 0.889. The van der Waals surface area contributed by atoms with E-state index in [4.69, 9.17) is 0 Å². The Morgan fingerprint density at radius 3 is 2.67 bits per heavy atom. The molecule has 1 fully saturated rings. The summed E-state index contributed by atoms with van der Waals surface area (Å²) >= 11 is 0. The van der Waals surface area contributed by atoms with Gasteiger partial charge in [0.05, 0.1) is 0 Å². The van der Waals surface area contributed by atoms with Gasteiger partial charge < -0.3 is 5.32 Å². The van der Waals surface area contributed by atoms with E-state index in [0.29, 0.717) is 0 Å². The molecule has 1 aliphatic carbocycles. The molecular formula is C14H27N. The van der Waals surface area contributed by atoms with Crippen LogP contribution in [0.1, 0.15) is 46.0 Å². The molecule has 0 aromatic carbocycles. The van der Waals surface area contributed by atoms with E-state index in [2.05, 4.69) is 31.8 Å². The third kappa shape index (κ3) is 3.98. The molecule has 1 aliphatic rings. The van der Waals surface area contributed by atoms with Crippen molar-refractivity contribution in [3.63, 3.8) is 0 Å². The Hall–Kier alpha value is -0.300. The monoisotopic (exact) mass is 209 g/mol. The minimum atomic E-state index is 0.889. The zero-order chi connectivity index (χ0) is 11.1. The van der Waals surface area contributed by atoms with Crippen LogP contribution in [0, 0.1) is 17.8 Å². The van der Waals surface area contributed by atoms with Gasteiger partial charge in [-0.05, 0) is 50.1 Å². The minimum Gasteiger partial charge on any atom is -0.317 e. The van der Waals surface area contributed by atoms with E-state index >= 15 is 0 Å². The number of nitrogens with one attached hydrogen (secondary N) is 1. The molecule has 88 valence electrons. The summed E-state index contributed by atoms with van der Waals surface area (Å²) in [7, 11) is 0. The maximum absolute atomic E-state index is 3.90. The summed E-state index contributed by atoms with van der Waals surface area (Å²) < 4.78 is 0. The number of hydrogen-bond donors (Lipinski definition) is 1. The molecule has 1 nitrogen and oxygen atoms in total. The molecule has 3 unspecified atom stereocenters. The molecule has 0 spiro atoms. The highest BCUT2D eigenvalue weighted by molar-refractivity contribution is 4.85. The van der Waals surface area contributed by atoms with Crippen LogP contribution in [0.15, 0.2) is 12.7 Å². The topological polar surface area (TPSA) is 12.0 Å². The van der Waals surface area contributed by atoms with Gasteiger partial charge in [0.15, 0.2) is 0 Å². The predicted molar refractivity (Wildman–Crippen MR) is 68.0 cm³/mol. The van der Waals surface area contributed by atoms with E-state index in [-0.39, 0.29) is 0 Å². The Kier molecular flexibility index (Phi) is 6.00. The molecule has 0 radical (unpaired) electrons. The zero-order valence-corrected chi connectivity index (χ0v) is 10.5. The Balaban J connectivity index is 2.43. The fourth-order valence-corrected chi connectivity index (χ4v) is 2.90. The first-order valence-electron chi connectivity index (χ1n) is 6.63. The van der Waals surface area contributed by atoms with Gasteiger partial charge in [0.1, 0.15) is 0 Å². The second-order valence-corrected chi connectivity index (χ2v) is 4.94. The SMILES string of the molecule is C=CCC1CC(CC)CCC1CNCC. The lowest BCUT2D eigenvalue weighted by Crippen LogP contribution is -2.32. The molecule has 0 aromatic rings. The first kappa shape index (κ1) is 12.8. The summed E-state index contributed by atoms with van der Waals surface area (Å²) in [4.78, 5) is 0. The Morgan fingerprint density at radius 1 is 1.27 bits per heavy atom. The lowest BCUT2D eigenvalue weighted by molar-refractivity contribution is 0.174. The highest BCUT2D eigenvalue weighted by Crippen LogP contribution is 2.37. The summed E-state index contributed by atoms with van der Waals surface area (Å²) in [5.41, 5.74) is 0. The summed E-state index contributed by atoms with van der Waals surface area (Å²) in [5, 5.41) is 3.50. The van der Waals surface area contributed by atoms with E-state index in [0.717, 1.165) is 24.3 Å². The van der Waals surface area contributed by atoms with Crippen LogP contribution in [0.25, 0.3) is 0 Å². The lowest BCUT2D eigenvalue weighted by atomic mass is 9.72. The van der Waals surface area contributed by atoms with Crippen molar-refractivity contribution >= 4 is 0 Å². The number of rotatable bonds is 6. The fraction of sp³-hybridized carbons (Fsp3) is 0.857. The second-order valence-electron chi connectivity index (χ2n) is 4.94. The van der Waals surface area contributed by atoms with Crippen molar-refractivity contribution in [3.8, 4) is 0 Å². The summed E-state index contributed by atoms with van der Waals surface area (Å²) in [6.45, 7) is 10.7. The average Bonchev–Trinajstić information content (AvgIpc) is 2.27. The molecule has 1 rings (SSSR count). The van der Waals surface area contributed by atoms with Gasteiger partial charge in [0, 0.05) is 0 Å². The van der Waals surface area contributed by atoms with Crippen molar-refractivity contribution in [2.45, 2.75) is 46.0 Å². The Labute approximate surface area is 95.3 Å².